The number of carbonyl (C=O) groups is 2. The number of hydrogen-bond acceptors (Lipinski definition) is 6. The molecule has 2 aromatic rings. The monoisotopic (exact) mass is 425 g/mol. The van der Waals surface area contributed by atoms with Crippen molar-refractivity contribution >= 4 is 24.2 Å². The highest BCUT2D eigenvalue weighted by Crippen LogP contribution is 2.18. The summed E-state index contributed by atoms with van der Waals surface area (Å²) in [5.41, 5.74) is 1.46. The van der Waals surface area contributed by atoms with E-state index in [2.05, 4.69) is 4.99 Å². The van der Waals surface area contributed by atoms with Gasteiger partial charge in [-0.25, -0.2) is 9.59 Å². The number of methoxy groups -OCH3 is 2. The first-order valence-electron chi connectivity index (χ1n) is 9.85. The van der Waals surface area contributed by atoms with Crippen LogP contribution in [0.4, 0.5) is 0 Å². The zero-order chi connectivity index (χ0) is 22.8. The number of carboxylic acids is 1. The van der Waals surface area contributed by atoms with Crippen LogP contribution in [0.25, 0.3) is 6.08 Å². The summed E-state index contributed by atoms with van der Waals surface area (Å²) in [7, 11) is 2.97. The summed E-state index contributed by atoms with van der Waals surface area (Å²) in [5, 5.41) is 9.31. The molecule has 0 fully saturated rings. The number of aliphatic imine (C=N–C) groups is 1. The summed E-state index contributed by atoms with van der Waals surface area (Å²) >= 11 is 0. The van der Waals surface area contributed by atoms with Crippen molar-refractivity contribution in [1.29, 1.82) is 0 Å². The second kappa shape index (κ2) is 11.5. The Labute approximate surface area is 182 Å². The highest BCUT2D eigenvalue weighted by atomic mass is 16.6. The van der Waals surface area contributed by atoms with Crippen LogP contribution in [0, 0.1) is 5.92 Å². The van der Waals surface area contributed by atoms with E-state index in [1.807, 2.05) is 13.8 Å². The summed E-state index contributed by atoms with van der Waals surface area (Å²) in [4.78, 5) is 28.0. The predicted octanol–water partition coefficient (Wildman–Crippen LogP) is 4.21. The third-order valence-electron chi connectivity index (χ3n) is 4.75. The first kappa shape index (κ1) is 23.7. The highest BCUT2D eigenvalue weighted by molar-refractivity contribution is 5.93. The lowest BCUT2D eigenvalue weighted by molar-refractivity contribution is -0.139. The van der Waals surface area contributed by atoms with Crippen LogP contribution >= 0.6 is 0 Å². The number of carbonyl (C=O) groups excluding carboxylic acids is 1. The minimum absolute atomic E-state index is 0.0497. The summed E-state index contributed by atoms with van der Waals surface area (Å²) in [5.74, 6) is -0.570. The summed E-state index contributed by atoms with van der Waals surface area (Å²) in [6.07, 6.45) is 3.81. The number of esters is 1. The van der Waals surface area contributed by atoms with E-state index in [1.54, 1.807) is 61.7 Å². The maximum atomic E-state index is 12.4. The van der Waals surface area contributed by atoms with Gasteiger partial charge in [0.1, 0.15) is 17.5 Å². The van der Waals surface area contributed by atoms with Crippen molar-refractivity contribution in [2.45, 2.75) is 26.3 Å². The van der Waals surface area contributed by atoms with E-state index >= 15 is 0 Å². The molecular formula is C24H27NO6. The standard InChI is InChI=1S/C24H27NO6/c1-5-16(2)22(23(26)27)25-15-18-8-12-20(13-9-18)31-24(28)21(30-4)14-17-6-10-19(29-3)11-7-17/h6-16,22H,5H2,1-4H3,(H,26,27)/b21-14+,25-15?. The largest absolute Gasteiger partial charge is 0.497 e. The molecule has 0 saturated carbocycles. The second-order valence-electron chi connectivity index (χ2n) is 6.89. The minimum Gasteiger partial charge on any atom is -0.497 e. The molecule has 0 saturated heterocycles. The van der Waals surface area contributed by atoms with Crippen molar-refractivity contribution in [2.24, 2.45) is 10.9 Å². The van der Waals surface area contributed by atoms with Crippen LogP contribution in [-0.4, -0.2) is 43.5 Å². The highest BCUT2D eigenvalue weighted by Gasteiger charge is 2.21. The van der Waals surface area contributed by atoms with Crippen molar-refractivity contribution in [3.63, 3.8) is 0 Å². The number of nitrogens with zero attached hydrogens (tertiary/aromatic N) is 1. The third kappa shape index (κ3) is 6.99. The van der Waals surface area contributed by atoms with E-state index in [0.717, 1.165) is 12.0 Å². The number of benzene rings is 2. The molecule has 0 aliphatic heterocycles. The van der Waals surface area contributed by atoms with Crippen molar-refractivity contribution in [2.75, 3.05) is 14.2 Å². The molecule has 7 heteroatoms. The molecule has 2 unspecified atom stereocenters. The lowest BCUT2D eigenvalue weighted by Crippen LogP contribution is -2.25. The molecule has 0 aromatic heterocycles. The van der Waals surface area contributed by atoms with E-state index in [0.29, 0.717) is 17.1 Å². The Morgan fingerprint density at radius 2 is 1.58 bits per heavy atom. The summed E-state index contributed by atoms with van der Waals surface area (Å²) < 4.78 is 15.6. The van der Waals surface area contributed by atoms with Gasteiger partial charge in [-0.15, -0.1) is 0 Å². The normalized spacial score (nSPS) is 13.5. The molecule has 2 atom stereocenters. The Morgan fingerprint density at radius 1 is 1.00 bits per heavy atom. The zero-order valence-corrected chi connectivity index (χ0v) is 18.1. The summed E-state index contributed by atoms with van der Waals surface area (Å²) in [6.45, 7) is 3.78. The van der Waals surface area contributed by atoms with Crippen molar-refractivity contribution in [3.05, 3.63) is 65.4 Å². The van der Waals surface area contributed by atoms with Crippen LogP contribution in [0.1, 0.15) is 31.4 Å². The van der Waals surface area contributed by atoms with E-state index < -0.39 is 18.0 Å². The lowest BCUT2D eigenvalue weighted by atomic mass is 10.00. The topological polar surface area (TPSA) is 94.4 Å². The van der Waals surface area contributed by atoms with Gasteiger partial charge in [-0.2, -0.15) is 0 Å². The number of ether oxygens (including phenoxy) is 3. The van der Waals surface area contributed by atoms with Gasteiger partial charge in [0, 0.05) is 6.21 Å². The Morgan fingerprint density at radius 3 is 2.10 bits per heavy atom. The fourth-order valence-electron chi connectivity index (χ4n) is 2.68. The molecular weight excluding hydrogens is 398 g/mol. The van der Waals surface area contributed by atoms with E-state index in [1.165, 1.54) is 13.3 Å². The van der Waals surface area contributed by atoms with Crippen molar-refractivity contribution < 1.29 is 28.9 Å². The van der Waals surface area contributed by atoms with Crippen LogP contribution in [-0.2, 0) is 14.3 Å². The molecule has 0 amide bonds. The lowest BCUT2D eigenvalue weighted by Gasteiger charge is -2.13. The van der Waals surface area contributed by atoms with Crippen LogP contribution < -0.4 is 9.47 Å². The maximum Gasteiger partial charge on any atom is 0.378 e. The first-order chi connectivity index (χ1) is 14.9. The molecule has 0 radical (unpaired) electrons. The van der Waals surface area contributed by atoms with Crippen molar-refractivity contribution in [3.8, 4) is 11.5 Å². The fourth-order valence-corrected chi connectivity index (χ4v) is 2.68. The molecule has 1 N–H and O–H groups in total. The van der Waals surface area contributed by atoms with Gasteiger partial charge < -0.3 is 19.3 Å². The van der Waals surface area contributed by atoms with Gasteiger partial charge in [-0.1, -0.05) is 32.4 Å². The van der Waals surface area contributed by atoms with Crippen LogP contribution in [0.2, 0.25) is 0 Å². The minimum atomic E-state index is -0.952. The van der Waals surface area contributed by atoms with Crippen LogP contribution in [0.3, 0.4) is 0 Å². The quantitative estimate of drug-likeness (QED) is 0.201. The summed E-state index contributed by atoms with van der Waals surface area (Å²) in [6, 6.07) is 13.0. The molecule has 164 valence electrons. The van der Waals surface area contributed by atoms with Gasteiger partial charge in [0.15, 0.2) is 0 Å². The molecule has 0 aliphatic carbocycles. The van der Waals surface area contributed by atoms with Crippen LogP contribution in [0.5, 0.6) is 11.5 Å². The number of carboxylic acid groups (broad SMARTS) is 1. The second-order valence-corrected chi connectivity index (χ2v) is 6.89. The Kier molecular flexibility index (Phi) is 8.81. The van der Waals surface area contributed by atoms with E-state index in [-0.39, 0.29) is 11.7 Å². The molecule has 0 spiro atoms. The maximum absolute atomic E-state index is 12.4. The first-order valence-corrected chi connectivity index (χ1v) is 9.85. The number of hydrogen-bond donors (Lipinski definition) is 1. The van der Waals surface area contributed by atoms with Gasteiger partial charge in [-0.05, 0) is 59.5 Å². The molecule has 7 nitrogen and oxygen atoms in total. The molecule has 0 bridgehead atoms. The average molecular weight is 425 g/mol. The Hall–Kier alpha value is -3.61. The van der Waals surface area contributed by atoms with Crippen LogP contribution in [0.15, 0.2) is 59.3 Å². The molecule has 0 aliphatic rings. The average Bonchev–Trinajstić information content (AvgIpc) is 2.78. The molecule has 2 aromatic carbocycles. The Balaban J connectivity index is 2.06. The van der Waals surface area contributed by atoms with Gasteiger partial charge >= 0.3 is 11.9 Å². The SMILES string of the molecule is CCC(C)C(N=Cc1ccc(OC(=O)/C(=C\c2ccc(OC)cc2)OC)cc1)C(=O)O. The molecule has 2 rings (SSSR count). The molecule has 0 heterocycles. The van der Waals surface area contributed by atoms with Gasteiger partial charge in [-0.3, -0.25) is 4.99 Å². The predicted molar refractivity (Wildman–Crippen MR) is 119 cm³/mol. The van der Waals surface area contributed by atoms with Crippen molar-refractivity contribution in [1.82, 2.24) is 0 Å². The fraction of sp³-hybridized carbons (Fsp3) is 0.292. The van der Waals surface area contributed by atoms with E-state index in [9.17, 15) is 14.7 Å². The number of aliphatic carboxylic acids is 1. The van der Waals surface area contributed by atoms with Gasteiger partial charge in [0.05, 0.1) is 14.2 Å². The van der Waals surface area contributed by atoms with E-state index in [4.69, 9.17) is 14.2 Å². The third-order valence-corrected chi connectivity index (χ3v) is 4.75. The number of rotatable bonds is 10. The zero-order valence-electron chi connectivity index (χ0n) is 18.1. The Bertz CT molecular complexity index is 932. The van der Waals surface area contributed by atoms with Gasteiger partial charge in [0.25, 0.3) is 0 Å². The van der Waals surface area contributed by atoms with Gasteiger partial charge in [0.2, 0.25) is 5.76 Å². The smallest absolute Gasteiger partial charge is 0.378 e. The molecule has 31 heavy (non-hydrogen) atoms.